The first-order chi connectivity index (χ1) is 9.56. The third kappa shape index (κ3) is 2.54. The van der Waals surface area contributed by atoms with Gasteiger partial charge in [-0.05, 0) is 19.1 Å². The first-order valence-corrected chi connectivity index (χ1v) is 6.15. The molecule has 0 saturated carbocycles. The third-order valence-corrected chi connectivity index (χ3v) is 3.05. The summed E-state index contributed by atoms with van der Waals surface area (Å²) >= 11 is 0. The van der Waals surface area contributed by atoms with Crippen LogP contribution in [-0.2, 0) is 7.05 Å². The molecule has 102 valence electrons. The number of nitriles is 1. The Morgan fingerprint density at radius 2 is 2.20 bits per heavy atom. The van der Waals surface area contributed by atoms with E-state index in [9.17, 15) is 10.1 Å². The van der Waals surface area contributed by atoms with Crippen molar-refractivity contribution in [1.82, 2.24) is 9.78 Å². The van der Waals surface area contributed by atoms with E-state index in [0.29, 0.717) is 11.3 Å². The molecule has 20 heavy (non-hydrogen) atoms. The molecular weight excluding hydrogens is 254 g/mol. The van der Waals surface area contributed by atoms with Crippen molar-refractivity contribution in [3.8, 4) is 11.8 Å². The van der Waals surface area contributed by atoms with Crippen molar-refractivity contribution in [3.63, 3.8) is 0 Å². The van der Waals surface area contributed by atoms with Gasteiger partial charge in [-0.1, -0.05) is 17.7 Å². The van der Waals surface area contributed by atoms with Crippen LogP contribution in [0.3, 0.4) is 0 Å². The molecule has 0 aliphatic carbocycles. The van der Waals surface area contributed by atoms with Gasteiger partial charge in [0.15, 0.2) is 0 Å². The Balaban J connectivity index is 2.45. The lowest BCUT2D eigenvalue weighted by atomic mass is 9.92. The molecule has 0 aliphatic rings. The van der Waals surface area contributed by atoms with Crippen LogP contribution < -0.4 is 4.74 Å². The van der Waals surface area contributed by atoms with E-state index in [1.54, 1.807) is 31.4 Å². The van der Waals surface area contributed by atoms with E-state index < -0.39 is 5.92 Å². The van der Waals surface area contributed by atoms with Crippen LogP contribution in [0.1, 0.15) is 27.5 Å². The van der Waals surface area contributed by atoms with E-state index in [-0.39, 0.29) is 11.5 Å². The summed E-state index contributed by atoms with van der Waals surface area (Å²) in [5.74, 6) is -0.705. The second-order valence-electron chi connectivity index (χ2n) is 4.55. The van der Waals surface area contributed by atoms with Crippen molar-refractivity contribution in [1.29, 1.82) is 5.26 Å². The number of carbonyl (C=O) groups is 1. The van der Waals surface area contributed by atoms with E-state index in [4.69, 9.17) is 4.74 Å². The molecule has 0 amide bonds. The minimum absolute atomic E-state index is 0.280. The van der Waals surface area contributed by atoms with Crippen molar-refractivity contribution in [2.24, 2.45) is 7.05 Å². The fraction of sp³-hybridized carbons (Fsp3) is 0.267. The van der Waals surface area contributed by atoms with Gasteiger partial charge in [0, 0.05) is 18.8 Å². The third-order valence-electron chi connectivity index (χ3n) is 3.05. The molecule has 0 aliphatic heterocycles. The highest BCUT2D eigenvalue weighted by Gasteiger charge is 2.26. The number of hydrogen-bond acceptors (Lipinski definition) is 4. The Bertz CT molecular complexity index is 683. The van der Waals surface area contributed by atoms with Gasteiger partial charge in [0.05, 0.1) is 13.2 Å². The van der Waals surface area contributed by atoms with E-state index in [1.807, 2.05) is 19.1 Å². The minimum atomic E-state index is -0.917. The zero-order valence-corrected chi connectivity index (χ0v) is 11.6. The minimum Gasteiger partial charge on any atom is -0.496 e. The maximum absolute atomic E-state index is 12.4. The van der Waals surface area contributed by atoms with Crippen LogP contribution in [0.5, 0.6) is 5.75 Å². The van der Waals surface area contributed by atoms with Gasteiger partial charge in [0.1, 0.15) is 17.4 Å². The topological polar surface area (TPSA) is 67.9 Å². The lowest BCUT2D eigenvalue weighted by molar-refractivity contribution is 0.0972. The quantitative estimate of drug-likeness (QED) is 0.798. The van der Waals surface area contributed by atoms with E-state index in [2.05, 4.69) is 5.10 Å². The van der Waals surface area contributed by atoms with Crippen LogP contribution in [0, 0.1) is 18.3 Å². The van der Waals surface area contributed by atoms with Gasteiger partial charge in [-0.15, -0.1) is 0 Å². The lowest BCUT2D eigenvalue weighted by Gasteiger charge is -2.12. The molecule has 0 fully saturated rings. The van der Waals surface area contributed by atoms with Crippen LogP contribution >= 0.6 is 0 Å². The Morgan fingerprint density at radius 1 is 1.45 bits per heavy atom. The number of rotatable bonds is 4. The van der Waals surface area contributed by atoms with Crippen molar-refractivity contribution >= 4 is 5.78 Å². The van der Waals surface area contributed by atoms with Gasteiger partial charge < -0.3 is 4.74 Å². The number of carbonyl (C=O) groups excluding carboxylic acids is 1. The molecule has 5 nitrogen and oxygen atoms in total. The summed E-state index contributed by atoms with van der Waals surface area (Å²) in [6.07, 6.45) is 1.68. The van der Waals surface area contributed by atoms with Gasteiger partial charge in [-0.25, -0.2) is 0 Å². The van der Waals surface area contributed by atoms with Gasteiger partial charge >= 0.3 is 0 Å². The SMILES string of the molecule is COc1ccc(C)cc1C(C#N)C(=O)c1ccn(C)n1. The van der Waals surface area contributed by atoms with Crippen LogP contribution in [0.15, 0.2) is 30.5 Å². The van der Waals surface area contributed by atoms with Crippen molar-refractivity contribution in [2.45, 2.75) is 12.8 Å². The predicted octanol–water partition coefficient (Wildman–Crippen LogP) is 2.23. The Hall–Kier alpha value is -2.61. The molecule has 1 unspecified atom stereocenters. The molecule has 5 heteroatoms. The van der Waals surface area contributed by atoms with Crippen LogP contribution in [0.4, 0.5) is 0 Å². The summed E-state index contributed by atoms with van der Waals surface area (Å²) in [5.41, 5.74) is 1.82. The van der Waals surface area contributed by atoms with E-state index in [1.165, 1.54) is 11.8 Å². The van der Waals surface area contributed by atoms with Gasteiger partial charge in [-0.3, -0.25) is 9.48 Å². The number of nitrogens with zero attached hydrogens (tertiary/aromatic N) is 3. The van der Waals surface area contributed by atoms with E-state index in [0.717, 1.165) is 5.56 Å². The van der Waals surface area contributed by atoms with Gasteiger partial charge in [0.25, 0.3) is 0 Å². The molecule has 1 aromatic carbocycles. The summed E-state index contributed by atoms with van der Waals surface area (Å²) < 4.78 is 6.78. The molecule has 0 N–H and O–H groups in total. The molecule has 1 atom stereocenters. The number of benzene rings is 1. The molecular formula is C15H15N3O2. The largest absolute Gasteiger partial charge is 0.496 e. The highest BCUT2D eigenvalue weighted by molar-refractivity contribution is 6.01. The second kappa shape index (κ2) is 5.57. The van der Waals surface area contributed by atoms with Crippen molar-refractivity contribution in [2.75, 3.05) is 7.11 Å². The molecule has 2 rings (SSSR count). The maximum atomic E-state index is 12.4. The molecule has 1 heterocycles. The number of aromatic nitrogens is 2. The molecule has 2 aromatic rings. The maximum Gasteiger partial charge on any atom is 0.204 e. The van der Waals surface area contributed by atoms with Gasteiger partial charge in [-0.2, -0.15) is 10.4 Å². The fourth-order valence-electron chi connectivity index (χ4n) is 2.04. The summed E-state index contributed by atoms with van der Waals surface area (Å²) in [4.78, 5) is 12.4. The average Bonchev–Trinajstić information content (AvgIpc) is 2.86. The molecule has 0 bridgehead atoms. The summed E-state index contributed by atoms with van der Waals surface area (Å²) in [5, 5.41) is 13.4. The number of methoxy groups -OCH3 is 1. The summed E-state index contributed by atoms with van der Waals surface area (Å²) in [6, 6.07) is 9.10. The highest BCUT2D eigenvalue weighted by atomic mass is 16.5. The van der Waals surface area contributed by atoms with Crippen molar-refractivity contribution in [3.05, 3.63) is 47.3 Å². The zero-order valence-electron chi connectivity index (χ0n) is 11.6. The molecule has 0 saturated heterocycles. The number of hydrogen-bond donors (Lipinski definition) is 0. The number of ether oxygens (including phenoxy) is 1. The number of Topliss-reactive ketones (excluding diaryl/α,β-unsaturated/α-hetero) is 1. The van der Waals surface area contributed by atoms with Crippen molar-refractivity contribution < 1.29 is 9.53 Å². The smallest absolute Gasteiger partial charge is 0.204 e. The molecule has 0 spiro atoms. The van der Waals surface area contributed by atoms with Crippen LogP contribution in [0.25, 0.3) is 0 Å². The predicted molar refractivity (Wildman–Crippen MR) is 73.6 cm³/mol. The Morgan fingerprint density at radius 3 is 2.75 bits per heavy atom. The lowest BCUT2D eigenvalue weighted by Crippen LogP contribution is -2.13. The summed E-state index contributed by atoms with van der Waals surface area (Å²) in [6.45, 7) is 1.91. The standard InChI is InChI=1S/C15H15N3O2/c1-10-4-5-14(20-3)11(8-10)12(9-16)15(19)13-6-7-18(2)17-13/h4-8,12H,1-3H3. The first-order valence-electron chi connectivity index (χ1n) is 6.15. The number of aryl methyl sites for hydroxylation is 2. The fourth-order valence-corrected chi connectivity index (χ4v) is 2.04. The highest BCUT2D eigenvalue weighted by Crippen LogP contribution is 2.29. The van der Waals surface area contributed by atoms with Gasteiger partial charge in [0.2, 0.25) is 5.78 Å². The Kier molecular flexibility index (Phi) is 3.85. The van der Waals surface area contributed by atoms with E-state index >= 15 is 0 Å². The molecule has 1 aromatic heterocycles. The monoisotopic (exact) mass is 269 g/mol. The normalized spacial score (nSPS) is 11.7. The average molecular weight is 269 g/mol. The number of ketones is 1. The first kappa shape index (κ1) is 13.8. The summed E-state index contributed by atoms with van der Waals surface area (Å²) in [7, 11) is 3.25. The zero-order chi connectivity index (χ0) is 14.7. The Labute approximate surface area is 117 Å². The van der Waals surface area contributed by atoms with Crippen LogP contribution in [-0.4, -0.2) is 22.7 Å². The van der Waals surface area contributed by atoms with Crippen LogP contribution in [0.2, 0.25) is 0 Å². The molecule has 0 radical (unpaired) electrons. The second-order valence-corrected chi connectivity index (χ2v) is 4.55.